The highest BCUT2D eigenvalue weighted by atomic mass is 14.7. The fourth-order valence-corrected chi connectivity index (χ4v) is 2.35. The van der Waals surface area contributed by atoms with Crippen LogP contribution in [0.2, 0.25) is 0 Å². The van der Waals surface area contributed by atoms with E-state index in [4.69, 9.17) is 1.37 Å². The quantitative estimate of drug-likeness (QED) is 0.509. The number of hydrogen-bond donors (Lipinski definition) is 0. The van der Waals surface area contributed by atoms with Crippen LogP contribution in [0.4, 0.5) is 5.69 Å². The van der Waals surface area contributed by atoms with E-state index in [1.54, 1.807) is 0 Å². The van der Waals surface area contributed by atoms with Crippen LogP contribution in [0.1, 0.15) is 57.6 Å². The van der Waals surface area contributed by atoms with E-state index in [-0.39, 0.29) is 6.19 Å². The summed E-state index contributed by atoms with van der Waals surface area (Å²) in [5, 5.41) is 0. The highest BCUT2D eigenvalue weighted by molar-refractivity contribution is 5.82. The van der Waals surface area contributed by atoms with Crippen LogP contribution in [0.15, 0.2) is 53.5 Å². The molecular formula is C21H23N. The van der Waals surface area contributed by atoms with E-state index < -0.39 is 0 Å². The van der Waals surface area contributed by atoms with Gasteiger partial charge in [0.25, 0.3) is 0 Å². The summed E-state index contributed by atoms with van der Waals surface area (Å²) in [6.07, 6.45) is 0.101. The lowest BCUT2D eigenvalue weighted by molar-refractivity contribution is 0.835. The first kappa shape index (κ1) is 14.6. The number of para-hydroxylation sites is 1. The summed E-state index contributed by atoms with van der Waals surface area (Å²) in [7, 11) is 0. The van der Waals surface area contributed by atoms with Gasteiger partial charge in [-0.3, -0.25) is 0 Å². The smallest absolute Gasteiger partial charge is 0.0940 e. The molecule has 2 aromatic carbocycles. The molecule has 0 aliphatic rings. The largest absolute Gasteiger partial charge is 0.247 e. The second-order valence-corrected chi connectivity index (χ2v) is 5.93. The van der Waals surface area contributed by atoms with Crippen molar-refractivity contribution in [2.45, 2.75) is 39.5 Å². The molecule has 0 atom stereocenters. The van der Waals surface area contributed by atoms with Crippen molar-refractivity contribution in [3.63, 3.8) is 0 Å². The zero-order valence-electron chi connectivity index (χ0n) is 14.7. The summed E-state index contributed by atoms with van der Waals surface area (Å²) in [5.74, 6) is 6.57. The van der Waals surface area contributed by atoms with E-state index in [9.17, 15) is 0 Å². The average molecular weight is 290 g/mol. The van der Waals surface area contributed by atoms with Gasteiger partial charge in [0.05, 0.1) is 13.2 Å². The zero-order chi connectivity index (χ0) is 16.8. The molecule has 0 heterocycles. The van der Waals surface area contributed by atoms with Crippen molar-refractivity contribution < 1.29 is 1.37 Å². The van der Waals surface area contributed by atoms with Gasteiger partial charge in [-0.05, 0) is 41.0 Å². The van der Waals surface area contributed by atoms with Gasteiger partial charge in [-0.1, -0.05) is 70.0 Å². The van der Waals surface area contributed by atoms with Gasteiger partial charge < -0.3 is 0 Å². The molecule has 0 bridgehead atoms. The molecule has 1 heteroatoms. The third kappa shape index (κ3) is 4.09. The van der Waals surface area contributed by atoms with Crippen LogP contribution in [0.25, 0.3) is 0 Å². The molecule has 0 radical (unpaired) electrons. The van der Waals surface area contributed by atoms with E-state index >= 15 is 0 Å². The molecular weight excluding hydrogens is 266 g/mol. The summed E-state index contributed by atoms with van der Waals surface area (Å²) < 4.78 is 8.11. The first-order chi connectivity index (χ1) is 11.0. The van der Waals surface area contributed by atoms with Crippen LogP contribution in [0, 0.1) is 11.8 Å². The van der Waals surface area contributed by atoms with Crippen LogP contribution in [-0.4, -0.2) is 6.19 Å². The number of rotatable bonds is 3. The topological polar surface area (TPSA) is 12.4 Å². The minimum absolute atomic E-state index is 0.101. The molecule has 0 fully saturated rings. The molecule has 2 rings (SSSR count). The van der Waals surface area contributed by atoms with E-state index in [0.29, 0.717) is 11.8 Å². The Balaban J connectivity index is 2.43. The minimum atomic E-state index is 0.101. The normalized spacial score (nSPS) is 12.1. The van der Waals surface area contributed by atoms with Gasteiger partial charge in [-0.25, -0.2) is 4.99 Å². The van der Waals surface area contributed by atoms with Crippen molar-refractivity contribution in [3.05, 3.63) is 65.2 Å². The maximum absolute atomic E-state index is 8.11. The van der Waals surface area contributed by atoms with Gasteiger partial charge >= 0.3 is 0 Å². The van der Waals surface area contributed by atoms with Crippen molar-refractivity contribution in [1.29, 1.82) is 0 Å². The standard InChI is InChI=1S/C21H23N/c1-16(2)19-13-8-14-20(17(3)4)21(19)22-15-9-12-18-10-6-5-7-11-18/h5-8,10-11,13-17H,1-4H3/i15D. The van der Waals surface area contributed by atoms with Crippen LogP contribution < -0.4 is 0 Å². The van der Waals surface area contributed by atoms with Crippen LogP contribution in [0.5, 0.6) is 0 Å². The zero-order valence-corrected chi connectivity index (χ0v) is 13.7. The summed E-state index contributed by atoms with van der Waals surface area (Å²) in [6, 6.07) is 16.0. The molecule has 1 nitrogen and oxygen atoms in total. The number of benzene rings is 2. The first-order valence-corrected chi connectivity index (χ1v) is 7.74. The second kappa shape index (κ2) is 7.61. The molecule has 0 aliphatic heterocycles. The van der Waals surface area contributed by atoms with Crippen LogP contribution in [0.3, 0.4) is 0 Å². The fourth-order valence-electron chi connectivity index (χ4n) is 2.35. The lowest BCUT2D eigenvalue weighted by Crippen LogP contribution is -1.95. The maximum atomic E-state index is 8.11. The Hall–Kier alpha value is -2.33. The molecule has 0 saturated carbocycles. The van der Waals surface area contributed by atoms with Crippen molar-refractivity contribution in [3.8, 4) is 11.8 Å². The highest BCUT2D eigenvalue weighted by Crippen LogP contribution is 2.34. The van der Waals surface area contributed by atoms with Gasteiger partial charge in [0.2, 0.25) is 0 Å². The molecule has 0 aromatic heterocycles. The third-order valence-electron chi connectivity index (χ3n) is 3.55. The van der Waals surface area contributed by atoms with Crippen LogP contribution in [-0.2, 0) is 0 Å². The van der Waals surface area contributed by atoms with Crippen molar-refractivity contribution >= 4 is 11.9 Å². The minimum Gasteiger partial charge on any atom is -0.247 e. The molecule has 0 unspecified atom stereocenters. The predicted molar refractivity (Wildman–Crippen MR) is 96.1 cm³/mol. The lowest BCUT2D eigenvalue weighted by Gasteiger charge is -2.15. The van der Waals surface area contributed by atoms with Gasteiger partial charge in [-0.2, -0.15) is 0 Å². The highest BCUT2D eigenvalue weighted by Gasteiger charge is 2.12. The van der Waals surface area contributed by atoms with Gasteiger partial charge in [0, 0.05) is 5.56 Å². The molecule has 22 heavy (non-hydrogen) atoms. The first-order valence-electron chi connectivity index (χ1n) is 8.24. The van der Waals surface area contributed by atoms with Gasteiger partial charge in [-0.15, -0.1) is 0 Å². The molecule has 0 aliphatic carbocycles. The van der Waals surface area contributed by atoms with E-state index in [1.807, 2.05) is 30.3 Å². The van der Waals surface area contributed by atoms with Gasteiger partial charge in [0.15, 0.2) is 0 Å². The van der Waals surface area contributed by atoms with E-state index in [2.05, 4.69) is 62.7 Å². The third-order valence-corrected chi connectivity index (χ3v) is 3.55. The monoisotopic (exact) mass is 290 g/mol. The Labute approximate surface area is 135 Å². The Morgan fingerprint density at radius 3 is 2.05 bits per heavy atom. The maximum Gasteiger partial charge on any atom is 0.0940 e. The Bertz CT molecular complexity index is 720. The Morgan fingerprint density at radius 1 is 0.909 bits per heavy atom. The molecule has 0 amide bonds. The van der Waals surface area contributed by atoms with E-state index in [1.165, 1.54) is 11.1 Å². The summed E-state index contributed by atoms with van der Waals surface area (Å²) >= 11 is 0. The summed E-state index contributed by atoms with van der Waals surface area (Å²) in [6.45, 7) is 8.60. The predicted octanol–water partition coefficient (Wildman–Crippen LogP) is 5.69. The Morgan fingerprint density at radius 2 is 1.50 bits per heavy atom. The van der Waals surface area contributed by atoms with E-state index in [0.717, 1.165) is 11.3 Å². The number of aliphatic imine (C=N–C) groups is 1. The average Bonchev–Trinajstić information content (AvgIpc) is 2.53. The molecule has 0 saturated heterocycles. The van der Waals surface area contributed by atoms with Crippen molar-refractivity contribution in [1.82, 2.24) is 0 Å². The lowest BCUT2D eigenvalue weighted by atomic mass is 9.93. The molecule has 2 aromatic rings. The molecule has 0 N–H and O–H groups in total. The second-order valence-electron chi connectivity index (χ2n) is 5.93. The van der Waals surface area contributed by atoms with Crippen molar-refractivity contribution in [2.24, 2.45) is 4.99 Å². The number of nitrogens with zero attached hydrogens (tertiary/aromatic N) is 1. The fraction of sp³-hybridized carbons (Fsp3) is 0.286. The summed E-state index contributed by atoms with van der Waals surface area (Å²) in [5.41, 5.74) is 4.14. The molecule has 0 spiro atoms. The Kier molecular flexibility index (Phi) is 5.05. The van der Waals surface area contributed by atoms with Gasteiger partial charge in [0.1, 0.15) is 0 Å². The van der Waals surface area contributed by atoms with Crippen LogP contribution >= 0.6 is 0 Å². The summed E-state index contributed by atoms with van der Waals surface area (Å²) in [4.78, 5) is 4.53. The molecule has 112 valence electrons. The van der Waals surface area contributed by atoms with Crippen molar-refractivity contribution in [2.75, 3.05) is 0 Å². The SMILES string of the molecule is [2H]C(C#Cc1ccccc1)=Nc1c(C(C)C)cccc1C(C)C. The number of hydrogen-bond acceptors (Lipinski definition) is 1.